The summed E-state index contributed by atoms with van der Waals surface area (Å²) in [6.07, 6.45) is 2.11. The third-order valence-corrected chi connectivity index (χ3v) is 5.33. The van der Waals surface area contributed by atoms with Crippen molar-refractivity contribution in [2.45, 2.75) is 26.2 Å². The molecule has 0 aliphatic rings. The maximum Gasteiger partial charge on any atom is 0.229 e. The van der Waals surface area contributed by atoms with Crippen LogP contribution in [-0.2, 0) is 4.79 Å². The van der Waals surface area contributed by atoms with E-state index in [1.54, 1.807) is 19.2 Å². The molecule has 0 radical (unpaired) electrons. The Bertz CT molecular complexity index is 1260. The van der Waals surface area contributed by atoms with E-state index < -0.39 is 0 Å². The van der Waals surface area contributed by atoms with Crippen LogP contribution in [0.3, 0.4) is 0 Å². The molecule has 0 bridgehead atoms. The maximum absolute atomic E-state index is 12.5. The second-order valence-corrected chi connectivity index (χ2v) is 7.64. The van der Waals surface area contributed by atoms with Gasteiger partial charge < -0.3 is 14.3 Å². The fourth-order valence-corrected chi connectivity index (χ4v) is 3.62. The number of nitrogens with zero attached hydrogens (tertiary/aromatic N) is 1. The zero-order chi connectivity index (χ0) is 23.2. The van der Waals surface area contributed by atoms with E-state index in [0.717, 1.165) is 24.0 Å². The molecule has 168 valence electrons. The Hall–Kier alpha value is -4.06. The summed E-state index contributed by atoms with van der Waals surface area (Å²) in [7, 11) is 1.60. The highest BCUT2D eigenvalue weighted by Gasteiger charge is 2.21. The average molecular weight is 443 g/mol. The van der Waals surface area contributed by atoms with E-state index in [1.165, 1.54) is 0 Å². The van der Waals surface area contributed by atoms with Crippen molar-refractivity contribution in [1.82, 2.24) is 4.98 Å². The Morgan fingerprint density at radius 2 is 1.73 bits per heavy atom. The van der Waals surface area contributed by atoms with E-state index in [0.29, 0.717) is 34.9 Å². The van der Waals surface area contributed by atoms with E-state index in [-0.39, 0.29) is 17.5 Å². The lowest BCUT2D eigenvalue weighted by molar-refractivity contribution is -0.116. The van der Waals surface area contributed by atoms with Crippen LogP contribution in [-0.4, -0.2) is 23.1 Å². The molecule has 33 heavy (non-hydrogen) atoms. The second-order valence-electron chi connectivity index (χ2n) is 7.64. The van der Waals surface area contributed by atoms with Crippen LogP contribution in [0.4, 0.5) is 5.88 Å². The van der Waals surface area contributed by atoms with Crippen LogP contribution in [0.25, 0.3) is 33.8 Å². The highest BCUT2D eigenvalue weighted by Crippen LogP contribution is 2.40. The summed E-state index contributed by atoms with van der Waals surface area (Å²) >= 11 is 0. The lowest BCUT2D eigenvalue weighted by atomic mass is 9.99. The standard InChI is InChI=1S/C27H26N2O4/c1-3-4-16-24(31)28-27-25(18-10-9-11-19(17-18)32-2)29-26(33-27)22-14-6-5-12-20(22)21-13-7-8-15-23(21)30/h5-15,17,30H,3-4,16H2,1-2H3,(H,28,31). The summed E-state index contributed by atoms with van der Waals surface area (Å²) in [4.78, 5) is 17.3. The van der Waals surface area contributed by atoms with Gasteiger partial charge in [-0.3, -0.25) is 10.1 Å². The molecule has 0 saturated heterocycles. The molecule has 0 spiro atoms. The minimum atomic E-state index is -0.127. The number of para-hydroxylation sites is 1. The van der Waals surface area contributed by atoms with Gasteiger partial charge in [-0.1, -0.05) is 61.9 Å². The third kappa shape index (κ3) is 4.90. The number of anilines is 1. The number of methoxy groups -OCH3 is 1. The highest BCUT2D eigenvalue weighted by molar-refractivity contribution is 5.94. The van der Waals surface area contributed by atoms with Gasteiger partial charge in [0.15, 0.2) is 0 Å². The summed E-state index contributed by atoms with van der Waals surface area (Å²) in [5.74, 6) is 1.34. The van der Waals surface area contributed by atoms with Gasteiger partial charge in [0.05, 0.1) is 7.11 Å². The number of ether oxygens (including phenoxy) is 1. The summed E-state index contributed by atoms with van der Waals surface area (Å²) in [5, 5.41) is 13.3. The first-order chi connectivity index (χ1) is 16.1. The van der Waals surface area contributed by atoms with Gasteiger partial charge in [0, 0.05) is 23.1 Å². The topological polar surface area (TPSA) is 84.6 Å². The van der Waals surface area contributed by atoms with Crippen LogP contribution < -0.4 is 10.1 Å². The van der Waals surface area contributed by atoms with Crippen LogP contribution in [0.2, 0.25) is 0 Å². The molecule has 0 aliphatic heterocycles. The number of benzene rings is 3. The Kier molecular flexibility index (Phi) is 6.74. The van der Waals surface area contributed by atoms with Gasteiger partial charge in [-0.2, -0.15) is 0 Å². The second kappa shape index (κ2) is 10.0. The Labute approximate surface area is 192 Å². The van der Waals surface area contributed by atoms with E-state index in [2.05, 4.69) is 5.32 Å². The molecule has 4 aromatic rings. The summed E-state index contributed by atoms with van der Waals surface area (Å²) < 4.78 is 11.5. The van der Waals surface area contributed by atoms with Gasteiger partial charge in [-0.15, -0.1) is 0 Å². The number of rotatable bonds is 8. The van der Waals surface area contributed by atoms with E-state index in [4.69, 9.17) is 14.1 Å². The van der Waals surface area contributed by atoms with Crippen molar-refractivity contribution in [3.05, 3.63) is 72.8 Å². The molecule has 0 aliphatic carbocycles. The molecule has 3 aromatic carbocycles. The monoisotopic (exact) mass is 442 g/mol. The van der Waals surface area contributed by atoms with Gasteiger partial charge in [0.2, 0.25) is 17.7 Å². The van der Waals surface area contributed by atoms with Crippen molar-refractivity contribution in [1.29, 1.82) is 0 Å². The normalized spacial score (nSPS) is 10.7. The predicted molar refractivity (Wildman–Crippen MR) is 129 cm³/mol. The molecule has 0 atom stereocenters. The molecule has 0 saturated carbocycles. The molecule has 6 nitrogen and oxygen atoms in total. The molecule has 0 unspecified atom stereocenters. The number of amides is 1. The quantitative estimate of drug-likeness (QED) is 0.325. The van der Waals surface area contributed by atoms with E-state index in [1.807, 2.05) is 67.6 Å². The number of unbranched alkanes of at least 4 members (excludes halogenated alkanes) is 1. The molecule has 6 heteroatoms. The minimum Gasteiger partial charge on any atom is -0.507 e. The molecule has 1 amide bonds. The number of hydrogen-bond acceptors (Lipinski definition) is 5. The van der Waals surface area contributed by atoms with Crippen molar-refractivity contribution in [3.63, 3.8) is 0 Å². The van der Waals surface area contributed by atoms with Gasteiger partial charge in [0.1, 0.15) is 17.2 Å². The third-order valence-electron chi connectivity index (χ3n) is 5.33. The Morgan fingerprint density at radius 1 is 1.00 bits per heavy atom. The molecule has 0 fully saturated rings. The number of nitrogens with one attached hydrogen (secondary N) is 1. The fraction of sp³-hybridized carbons (Fsp3) is 0.185. The summed E-state index contributed by atoms with van der Waals surface area (Å²) in [6, 6.07) is 22.1. The smallest absolute Gasteiger partial charge is 0.229 e. The number of hydrogen-bond donors (Lipinski definition) is 2. The van der Waals surface area contributed by atoms with Crippen molar-refractivity contribution in [2.75, 3.05) is 12.4 Å². The van der Waals surface area contributed by atoms with Crippen molar-refractivity contribution in [2.24, 2.45) is 0 Å². The summed E-state index contributed by atoms with van der Waals surface area (Å²) in [5.41, 5.74) is 3.42. The van der Waals surface area contributed by atoms with Gasteiger partial charge in [-0.05, 0) is 36.2 Å². The van der Waals surface area contributed by atoms with Gasteiger partial charge in [-0.25, -0.2) is 4.98 Å². The Morgan fingerprint density at radius 3 is 2.45 bits per heavy atom. The highest BCUT2D eigenvalue weighted by atomic mass is 16.5. The fourth-order valence-electron chi connectivity index (χ4n) is 3.62. The first-order valence-electron chi connectivity index (χ1n) is 10.9. The maximum atomic E-state index is 12.5. The van der Waals surface area contributed by atoms with Gasteiger partial charge >= 0.3 is 0 Å². The summed E-state index contributed by atoms with van der Waals surface area (Å²) in [6.45, 7) is 2.04. The molecule has 4 rings (SSSR count). The minimum absolute atomic E-state index is 0.127. The number of carbonyl (C=O) groups excluding carboxylic acids is 1. The number of carbonyl (C=O) groups is 1. The van der Waals surface area contributed by atoms with E-state index in [9.17, 15) is 9.90 Å². The lowest BCUT2D eigenvalue weighted by Gasteiger charge is -2.08. The van der Waals surface area contributed by atoms with E-state index >= 15 is 0 Å². The largest absolute Gasteiger partial charge is 0.507 e. The molecular formula is C27H26N2O4. The number of aromatic nitrogens is 1. The molecule has 1 aromatic heterocycles. The number of oxazole rings is 1. The average Bonchev–Trinajstić information content (AvgIpc) is 3.26. The van der Waals surface area contributed by atoms with Crippen LogP contribution in [0.1, 0.15) is 26.2 Å². The molecular weight excluding hydrogens is 416 g/mol. The lowest BCUT2D eigenvalue weighted by Crippen LogP contribution is -2.11. The zero-order valence-corrected chi connectivity index (χ0v) is 18.7. The van der Waals surface area contributed by atoms with Crippen molar-refractivity contribution < 1.29 is 19.1 Å². The van der Waals surface area contributed by atoms with Crippen LogP contribution in [0.5, 0.6) is 11.5 Å². The zero-order valence-electron chi connectivity index (χ0n) is 18.7. The number of phenols is 1. The van der Waals surface area contributed by atoms with Crippen molar-refractivity contribution in [3.8, 4) is 45.3 Å². The first kappa shape index (κ1) is 22.1. The van der Waals surface area contributed by atoms with Crippen LogP contribution >= 0.6 is 0 Å². The van der Waals surface area contributed by atoms with Crippen LogP contribution in [0, 0.1) is 0 Å². The Balaban J connectivity index is 1.82. The SMILES string of the molecule is CCCCC(=O)Nc1oc(-c2ccccc2-c2ccccc2O)nc1-c1cccc(OC)c1. The number of aromatic hydroxyl groups is 1. The predicted octanol–water partition coefficient (Wildman–Crippen LogP) is 6.52. The molecule has 2 N–H and O–H groups in total. The first-order valence-corrected chi connectivity index (χ1v) is 10.9. The van der Waals surface area contributed by atoms with Crippen LogP contribution in [0.15, 0.2) is 77.2 Å². The molecule has 1 heterocycles. The van der Waals surface area contributed by atoms with Gasteiger partial charge in [0.25, 0.3) is 0 Å². The number of phenolic OH excluding ortho intramolecular Hbond substituents is 1. The van der Waals surface area contributed by atoms with Crippen molar-refractivity contribution >= 4 is 11.8 Å².